The Morgan fingerprint density at radius 2 is 0.704 bits per heavy atom. The van der Waals surface area contributed by atoms with Crippen molar-refractivity contribution < 1.29 is 9.31 Å². The van der Waals surface area contributed by atoms with E-state index in [4.69, 9.17) is 9.31 Å². The van der Waals surface area contributed by atoms with Gasteiger partial charge in [-0.1, -0.05) is 84.9 Å². The Morgan fingerprint density at radius 3 is 1.07 bits per heavy atom. The third-order valence-corrected chi connectivity index (χ3v) is 4.37. The quantitative estimate of drug-likeness (QED) is 0.413. The van der Waals surface area contributed by atoms with E-state index < -0.39 is 0 Å². The zero-order valence-corrected chi connectivity index (χ0v) is 14.9. The summed E-state index contributed by atoms with van der Waals surface area (Å²) >= 11 is 0. The highest BCUT2D eigenvalue weighted by molar-refractivity contribution is 6.20. The summed E-state index contributed by atoms with van der Waals surface area (Å²) in [6, 6.07) is 36.6. The van der Waals surface area contributed by atoms with Crippen LogP contribution in [0.5, 0.6) is 11.5 Å². The molecule has 0 radical (unpaired) electrons. The van der Waals surface area contributed by atoms with Gasteiger partial charge < -0.3 is 9.31 Å². The summed E-state index contributed by atoms with van der Waals surface area (Å²) in [6.07, 6.45) is 0. The van der Waals surface area contributed by atoms with Gasteiger partial charge in [0, 0.05) is 0 Å². The first-order valence-electron chi connectivity index (χ1n) is 8.95. The van der Waals surface area contributed by atoms with E-state index in [0.29, 0.717) is 0 Å². The molecule has 0 aliphatic heterocycles. The molecule has 0 heterocycles. The minimum atomic E-state index is 0.176. The maximum Gasteiger partial charge on any atom is 0.576 e. The highest BCUT2D eigenvalue weighted by Gasteiger charge is 2.02. The molecule has 0 saturated carbocycles. The Hall–Kier alpha value is -3.46. The van der Waals surface area contributed by atoms with E-state index in [1.807, 2.05) is 60.7 Å². The molecule has 130 valence electrons. The van der Waals surface area contributed by atoms with E-state index in [2.05, 4.69) is 48.5 Å². The molecule has 0 aromatic heterocycles. The Bertz CT molecular complexity index is 883. The van der Waals surface area contributed by atoms with E-state index >= 15 is 0 Å². The van der Waals surface area contributed by atoms with Crippen LogP contribution in [0.2, 0.25) is 0 Å². The summed E-state index contributed by atoms with van der Waals surface area (Å²) in [5, 5.41) is 0. The maximum absolute atomic E-state index is 5.69. The standard InChI is InChI=1S/C24H19BO2/c1-3-7-19(8-4-1)21-11-15-23(16-12-21)26-25-27-24-17-13-22(14-18-24)20-9-5-2-6-10-20/h1-18,25H. The predicted octanol–water partition coefficient (Wildman–Crippen LogP) is 5.74. The number of benzene rings is 4. The number of hydrogen-bond acceptors (Lipinski definition) is 2. The van der Waals surface area contributed by atoms with Gasteiger partial charge in [0.05, 0.1) is 0 Å². The molecule has 3 heteroatoms. The SMILES string of the molecule is B(Oc1ccc(-c2ccccc2)cc1)Oc1ccc(-c2ccccc2)cc1. The maximum atomic E-state index is 5.69. The fourth-order valence-electron chi connectivity index (χ4n) is 2.91. The van der Waals surface area contributed by atoms with Crippen molar-refractivity contribution in [3.8, 4) is 33.8 Å². The van der Waals surface area contributed by atoms with Crippen molar-refractivity contribution in [1.29, 1.82) is 0 Å². The smallest absolute Gasteiger partial charge is 0.529 e. The molecule has 2 nitrogen and oxygen atoms in total. The third kappa shape index (κ3) is 4.39. The molecule has 0 aliphatic carbocycles. The summed E-state index contributed by atoms with van der Waals surface area (Å²) in [4.78, 5) is 0. The van der Waals surface area contributed by atoms with Gasteiger partial charge in [0.2, 0.25) is 0 Å². The van der Waals surface area contributed by atoms with Gasteiger partial charge in [-0.3, -0.25) is 0 Å². The molecule has 0 atom stereocenters. The lowest BCUT2D eigenvalue weighted by Gasteiger charge is -2.09. The van der Waals surface area contributed by atoms with Crippen LogP contribution in [0.25, 0.3) is 22.3 Å². The Labute approximate surface area is 160 Å². The van der Waals surface area contributed by atoms with Crippen LogP contribution in [0.1, 0.15) is 0 Å². The minimum Gasteiger partial charge on any atom is -0.529 e. The molecule has 0 spiro atoms. The molecule has 0 amide bonds. The largest absolute Gasteiger partial charge is 0.576 e. The minimum absolute atomic E-state index is 0.176. The molecule has 4 aromatic rings. The average molecular weight is 350 g/mol. The van der Waals surface area contributed by atoms with Crippen molar-refractivity contribution in [3.63, 3.8) is 0 Å². The van der Waals surface area contributed by atoms with Gasteiger partial charge in [0.25, 0.3) is 0 Å². The van der Waals surface area contributed by atoms with Gasteiger partial charge in [-0.25, -0.2) is 0 Å². The number of hydrogen-bond donors (Lipinski definition) is 0. The van der Waals surface area contributed by atoms with Crippen LogP contribution in [0.4, 0.5) is 0 Å². The molecular weight excluding hydrogens is 331 g/mol. The van der Waals surface area contributed by atoms with E-state index in [1.54, 1.807) is 0 Å². The molecular formula is C24H19BO2. The first-order chi connectivity index (χ1) is 13.4. The monoisotopic (exact) mass is 350 g/mol. The van der Waals surface area contributed by atoms with Gasteiger partial charge in [-0.2, -0.15) is 0 Å². The van der Waals surface area contributed by atoms with Crippen molar-refractivity contribution >= 4 is 7.69 Å². The summed E-state index contributed by atoms with van der Waals surface area (Å²) in [5.74, 6) is 1.58. The second-order valence-corrected chi connectivity index (χ2v) is 6.19. The van der Waals surface area contributed by atoms with Crippen LogP contribution < -0.4 is 9.31 Å². The lowest BCUT2D eigenvalue weighted by atomic mass is 10.1. The van der Waals surface area contributed by atoms with Crippen molar-refractivity contribution in [2.45, 2.75) is 0 Å². The average Bonchev–Trinajstić information content (AvgIpc) is 2.76. The van der Waals surface area contributed by atoms with Crippen molar-refractivity contribution in [3.05, 3.63) is 109 Å². The van der Waals surface area contributed by atoms with Crippen LogP contribution in [0.3, 0.4) is 0 Å². The second kappa shape index (κ2) is 8.28. The highest BCUT2D eigenvalue weighted by Crippen LogP contribution is 2.23. The van der Waals surface area contributed by atoms with E-state index in [0.717, 1.165) is 11.5 Å². The first-order valence-corrected chi connectivity index (χ1v) is 8.95. The van der Waals surface area contributed by atoms with E-state index in [1.165, 1.54) is 22.3 Å². The Kier molecular flexibility index (Phi) is 5.21. The normalized spacial score (nSPS) is 10.2. The fourth-order valence-corrected chi connectivity index (χ4v) is 2.91. The summed E-state index contributed by atoms with van der Waals surface area (Å²) < 4.78 is 11.4. The molecule has 0 fully saturated rings. The second-order valence-electron chi connectivity index (χ2n) is 6.19. The van der Waals surface area contributed by atoms with Gasteiger partial charge in [0.1, 0.15) is 11.5 Å². The van der Waals surface area contributed by atoms with E-state index in [9.17, 15) is 0 Å². The molecule has 0 saturated heterocycles. The van der Waals surface area contributed by atoms with Gasteiger partial charge in [-0.15, -0.1) is 0 Å². The zero-order chi connectivity index (χ0) is 18.3. The molecule has 0 bridgehead atoms. The topological polar surface area (TPSA) is 18.5 Å². The van der Waals surface area contributed by atoms with Crippen LogP contribution in [-0.4, -0.2) is 7.69 Å². The molecule has 4 aromatic carbocycles. The van der Waals surface area contributed by atoms with Crippen LogP contribution in [-0.2, 0) is 0 Å². The molecule has 0 unspecified atom stereocenters. The van der Waals surface area contributed by atoms with Crippen molar-refractivity contribution in [2.75, 3.05) is 0 Å². The van der Waals surface area contributed by atoms with Crippen molar-refractivity contribution in [2.24, 2.45) is 0 Å². The van der Waals surface area contributed by atoms with Crippen LogP contribution >= 0.6 is 0 Å². The van der Waals surface area contributed by atoms with Crippen LogP contribution in [0, 0.1) is 0 Å². The van der Waals surface area contributed by atoms with Gasteiger partial charge >= 0.3 is 7.69 Å². The summed E-state index contributed by atoms with van der Waals surface area (Å²) in [6.45, 7) is 0. The first kappa shape index (κ1) is 17.0. The highest BCUT2D eigenvalue weighted by atomic mass is 16.6. The zero-order valence-electron chi connectivity index (χ0n) is 14.9. The van der Waals surface area contributed by atoms with Gasteiger partial charge in [-0.05, 0) is 46.5 Å². The predicted molar refractivity (Wildman–Crippen MR) is 112 cm³/mol. The molecule has 0 N–H and O–H groups in total. The number of rotatable bonds is 6. The van der Waals surface area contributed by atoms with Crippen LogP contribution in [0.15, 0.2) is 109 Å². The Balaban J connectivity index is 1.32. The lowest BCUT2D eigenvalue weighted by molar-refractivity contribution is 0.459. The molecule has 0 aliphatic rings. The van der Waals surface area contributed by atoms with Gasteiger partial charge in [0.15, 0.2) is 0 Å². The molecule has 27 heavy (non-hydrogen) atoms. The van der Waals surface area contributed by atoms with E-state index in [-0.39, 0.29) is 7.69 Å². The third-order valence-electron chi connectivity index (χ3n) is 4.37. The summed E-state index contributed by atoms with van der Waals surface area (Å²) in [5.41, 5.74) is 4.72. The fraction of sp³-hybridized carbons (Fsp3) is 0. The van der Waals surface area contributed by atoms with Crippen molar-refractivity contribution in [1.82, 2.24) is 0 Å². The lowest BCUT2D eigenvalue weighted by Crippen LogP contribution is -2.10. The molecule has 4 rings (SSSR count). The Morgan fingerprint density at radius 1 is 0.370 bits per heavy atom. The summed E-state index contributed by atoms with van der Waals surface area (Å²) in [7, 11) is 0.176.